The fourth-order valence-corrected chi connectivity index (χ4v) is 4.87. The number of benzene rings is 2. The van der Waals surface area contributed by atoms with Gasteiger partial charge in [0.2, 0.25) is 5.91 Å². The Morgan fingerprint density at radius 2 is 1.82 bits per heavy atom. The van der Waals surface area contributed by atoms with E-state index >= 15 is 0 Å². The van der Waals surface area contributed by atoms with Crippen LogP contribution in [0.4, 0.5) is 13.2 Å². The molecule has 0 bridgehead atoms. The molecule has 2 aliphatic heterocycles. The van der Waals surface area contributed by atoms with E-state index in [-0.39, 0.29) is 10.5 Å². The lowest BCUT2D eigenvalue weighted by Gasteiger charge is -2.32. The molecule has 1 N–H and O–H groups in total. The predicted octanol–water partition coefficient (Wildman–Crippen LogP) is 5.11. The molecule has 1 unspecified atom stereocenters. The summed E-state index contributed by atoms with van der Waals surface area (Å²) in [5.41, 5.74) is -0.639. The van der Waals surface area contributed by atoms with Crippen molar-refractivity contribution in [2.75, 3.05) is 19.8 Å². The number of hydrogen-bond acceptors (Lipinski definition) is 5. The number of piperidine rings is 1. The number of carbonyl (C=O) groups is 2. The zero-order valence-electron chi connectivity index (χ0n) is 18.0. The van der Waals surface area contributed by atoms with Crippen molar-refractivity contribution in [3.63, 3.8) is 0 Å². The Hall–Kier alpha value is -3.14. The van der Waals surface area contributed by atoms with E-state index in [1.165, 1.54) is 23.1 Å². The van der Waals surface area contributed by atoms with Crippen LogP contribution in [0.15, 0.2) is 52.3 Å². The zero-order valence-corrected chi connectivity index (χ0v) is 18.8. The predicted molar refractivity (Wildman–Crippen MR) is 119 cm³/mol. The van der Waals surface area contributed by atoms with Crippen LogP contribution in [-0.2, 0) is 15.8 Å². The average molecular weight is 494 g/mol. The number of ether oxygens (including phenoxy) is 2. The third kappa shape index (κ3) is 5.49. The van der Waals surface area contributed by atoms with Crippen molar-refractivity contribution in [2.45, 2.75) is 41.3 Å². The first-order valence-electron chi connectivity index (χ1n) is 10.7. The highest BCUT2D eigenvalue weighted by Crippen LogP contribution is 2.42. The van der Waals surface area contributed by atoms with Gasteiger partial charge in [0.25, 0.3) is 0 Å². The van der Waals surface area contributed by atoms with Crippen molar-refractivity contribution >= 4 is 29.7 Å². The summed E-state index contributed by atoms with van der Waals surface area (Å²) in [7, 11) is 0. The number of aliphatic carboxylic acids is 1. The molecule has 2 aromatic rings. The van der Waals surface area contributed by atoms with Crippen molar-refractivity contribution in [2.24, 2.45) is 0 Å². The van der Waals surface area contributed by atoms with Crippen molar-refractivity contribution in [3.05, 3.63) is 53.6 Å². The van der Waals surface area contributed by atoms with Gasteiger partial charge in [-0.05, 0) is 61.2 Å². The molecule has 4 rings (SSSR count). The Labute approximate surface area is 198 Å². The molecule has 1 fully saturated rings. The van der Waals surface area contributed by atoms with Crippen LogP contribution in [0.25, 0.3) is 6.08 Å². The van der Waals surface area contributed by atoms with Crippen LogP contribution in [0.1, 0.15) is 30.4 Å². The summed E-state index contributed by atoms with van der Waals surface area (Å²) in [4.78, 5) is 25.8. The lowest BCUT2D eigenvalue weighted by atomic mass is 10.0. The van der Waals surface area contributed by atoms with Gasteiger partial charge in [0.1, 0.15) is 19.3 Å². The number of hydrogen-bond donors (Lipinski definition) is 1. The highest BCUT2D eigenvalue weighted by atomic mass is 32.2. The second-order valence-corrected chi connectivity index (χ2v) is 8.99. The second-order valence-electron chi connectivity index (χ2n) is 7.88. The number of carboxylic acid groups (broad SMARTS) is 1. The Morgan fingerprint density at radius 1 is 1.06 bits per heavy atom. The Bertz CT molecular complexity index is 1120. The second kappa shape index (κ2) is 10.0. The first-order valence-corrected chi connectivity index (χ1v) is 11.5. The normalized spacial score (nSPS) is 18.2. The van der Waals surface area contributed by atoms with Gasteiger partial charge in [-0.1, -0.05) is 17.8 Å². The van der Waals surface area contributed by atoms with Crippen LogP contribution in [0.3, 0.4) is 0 Å². The lowest BCUT2D eigenvalue weighted by molar-refractivity contribution is -0.150. The molecule has 0 saturated carbocycles. The monoisotopic (exact) mass is 493 g/mol. The van der Waals surface area contributed by atoms with E-state index < -0.39 is 29.7 Å². The highest BCUT2D eigenvalue weighted by Gasteiger charge is 2.34. The summed E-state index contributed by atoms with van der Waals surface area (Å²) in [6.07, 6.45) is -0.437. The summed E-state index contributed by atoms with van der Waals surface area (Å²) in [5.74, 6) is -0.576. The summed E-state index contributed by atoms with van der Waals surface area (Å²) in [6.45, 7) is 1.10. The molecule has 0 spiro atoms. The van der Waals surface area contributed by atoms with Gasteiger partial charge in [0.05, 0.1) is 5.56 Å². The van der Waals surface area contributed by atoms with Gasteiger partial charge >= 0.3 is 12.1 Å². The minimum absolute atomic E-state index is 0.00891. The summed E-state index contributed by atoms with van der Waals surface area (Å²) < 4.78 is 52.4. The SMILES string of the molecule is O=C(O)C1CCCCN1C(=O)/C=C/c1ccc(Sc2ccc3c(c2)OCCO3)c(C(F)(F)F)c1. The number of carboxylic acids is 1. The molecule has 180 valence electrons. The first-order chi connectivity index (χ1) is 16.2. The molecule has 10 heteroatoms. The number of nitrogens with zero attached hydrogens (tertiary/aromatic N) is 1. The van der Waals surface area contributed by atoms with E-state index in [0.717, 1.165) is 23.9 Å². The van der Waals surface area contributed by atoms with E-state index in [4.69, 9.17) is 9.47 Å². The van der Waals surface area contributed by atoms with Crippen LogP contribution >= 0.6 is 11.8 Å². The van der Waals surface area contributed by atoms with Gasteiger partial charge in [-0.25, -0.2) is 4.79 Å². The molecule has 1 saturated heterocycles. The average Bonchev–Trinajstić information content (AvgIpc) is 2.82. The number of carbonyl (C=O) groups excluding carboxylic acids is 1. The minimum Gasteiger partial charge on any atom is -0.486 e. The molecule has 2 heterocycles. The van der Waals surface area contributed by atoms with Crippen LogP contribution in [-0.4, -0.2) is 47.7 Å². The fraction of sp³-hybridized carbons (Fsp3) is 0.333. The molecule has 0 aromatic heterocycles. The third-order valence-corrected chi connectivity index (χ3v) is 6.61. The maximum Gasteiger partial charge on any atom is 0.417 e. The standard InChI is InChI=1S/C24H22F3NO5S/c25-24(26,27)17-13-15(5-9-22(29)28-10-2-1-3-18(28)23(30)31)4-8-21(17)34-16-6-7-19-20(14-16)33-12-11-32-19/h4-9,13-14,18H,1-3,10-12H2,(H,30,31)/b9-5+. The number of likely N-dealkylation sites (tertiary alicyclic amines) is 1. The molecule has 34 heavy (non-hydrogen) atoms. The summed E-state index contributed by atoms with van der Waals surface area (Å²) in [5, 5.41) is 9.33. The van der Waals surface area contributed by atoms with Gasteiger partial charge in [-0.2, -0.15) is 13.2 Å². The zero-order chi connectivity index (χ0) is 24.3. The Morgan fingerprint density at radius 3 is 2.56 bits per heavy atom. The quantitative estimate of drug-likeness (QED) is 0.584. The number of amides is 1. The van der Waals surface area contributed by atoms with E-state index in [9.17, 15) is 27.9 Å². The molecule has 2 aromatic carbocycles. The van der Waals surface area contributed by atoms with Gasteiger partial charge < -0.3 is 19.5 Å². The van der Waals surface area contributed by atoms with Crippen LogP contribution < -0.4 is 9.47 Å². The number of halogens is 3. The van der Waals surface area contributed by atoms with E-state index in [2.05, 4.69) is 0 Å². The van der Waals surface area contributed by atoms with Gasteiger partial charge in [-0.3, -0.25) is 4.79 Å². The maximum absolute atomic E-state index is 13.8. The summed E-state index contributed by atoms with van der Waals surface area (Å²) >= 11 is 0.953. The number of fused-ring (bicyclic) bond motifs is 1. The van der Waals surface area contributed by atoms with Crippen molar-refractivity contribution in [1.29, 1.82) is 0 Å². The van der Waals surface area contributed by atoms with Gasteiger partial charge in [0, 0.05) is 22.4 Å². The molecule has 1 amide bonds. The van der Waals surface area contributed by atoms with E-state index in [1.54, 1.807) is 18.2 Å². The maximum atomic E-state index is 13.8. The third-order valence-electron chi connectivity index (χ3n) is 5.54. The minimum atomic E-state index is -4.61. The van der Waals surface area contributed by atoms with E-state index in [1.807, 2.05) is 0 Å². The highest BCUT2D eigenvalue weighted by molar-refractivity contribution is 7.99. The largest absolute Gasteiger partial charge is 0.486 e. The Kier molecular flexibility index (Phi) is 7.06. The summed E-state index contributed by atoms with van der Waals surface area (Å²) in [6, 6.07) is 7.89. The van der Waals surface area contributed by atoms with E-state index in [0.29, 0.717) is 55.4 Å². The van der Waals surface area contributed by atoms with Crippen LogP contribution in [0.5, 0.6) is 11.5 Å². The van der Waals surface area contributed by atoms with Crippen molar-refractivity contribution in [1.82, 2.24) is 4.90 Å². The van der Waals surface area contributed by atoms with Crippen LogP contribution in [0, 0.1) is 0 Å². The smallest absolute Gasteiger partial charge is 0.417 e. The van der Waals surface area contributed by atoms with Gasteiger partial charge in [0.15, 0.2) is 11.5 Å². The molecule has 0 aliphatic carbocycles. The van der Waals surface area contributed by atoms with Crippen molar-refractivity contribution in [3.8, 4) is 11.5 Å². The number of rotatable bonds is 5. The Balaban J connectivity index is 1.55. The molecule has 1 atom stereocenters. The topological polar surface area (TPSA) is 76.1 Å². The van der Waals surface area contributed by atoms with Crippen molar-refractivity contribution < 1.29 is 37.3 Å². The van der Waals surface area contributed by atoms with Crippen LogP contribution in [0.2, 0.25) is 0 Å². The molecular weight excluding hydrogens is 471 g/mol. The fourth-order valence-electron chi connectivity index (χ4n) is 3.89. The molecule has 0 radical (unpaired) electrons. The first kappa shape index (κ1) is 24.0. The molecular formula is C24H22F3NO5S. The van der Waals surface area contributed by atoms with Gasteiger partial charge in [-0.15, -0.1) is 0 Å². The lowest BCUT2D eigenvalue weighted by Crippen LogP contribution is -2.47. The number of alkyl halides is 3. The molecule has 2 aliphatic rings. The molecule has 6 nitrogen and oxygen atoms in total.